The summed E-state index contributed by atoms with van der Waals surface area (Å²) in [5.74, 6) is -20.4. The van der Waals surface area contributed by atoms with E-state index in [1.54, 1.807) is 30.6 Å². The van der Waals surface area contributed by atoms with Crippen molar-refractivity contribution in [2.24, 2.45) is 23.1 Å². The van der Waals surface area contributed by atoms with Crippen LogP contribution >= 0.6 is 11.8 Å². The molecule has 0 spiro atoms. The number of unbranched alkanes of at least 4 members (excludes halogenated alkanes) is 4. The number of Topliss-reactive ketones (excluding diaryl/α,β-unsaturated/α-hetero) is 1. The molecule has 15 atom stereocenters. The maximum Gasteiger partial charge on any atom is 0.305 e. The van der Waals surface area contributed by atoms with E-state index in [4.69, 9.17) is 17.2 Å². The Labute approximate surface area is 832 Å². The number of nitrogens with zero attached hydrogens (tertiary/aromatic N) is 6. The van der Waals surface area contributed by atoms with Crippen LogP contribution in [0, 0.1) is 5.92 Å². The number of likely N-dealkylation sites (N-methyl/N-ethyl adjacent to an activating group) is 3. The highest BCUT2D eigenvalue weighted by Crippen LogP contribution is 2.36. The van der Waals surface area contributed by atoms with Crippen molar-refractivity contribution < 1.29 is 102 Å². The number of hydrogen-bond acceptors (Lipinski definition) is 23. The number of aromatic nitrogens is 4. The fourth-order valence-corrected chi connectivity index (χ4v) is 19.2. The van der Waals surface area contributed by atoms with E-state index >= 15 is 47.9 Å². The number of imidazole rings is 1. The van der Waals surface area contributed by atoms with Gasteiger partial charge in [-0.15, -0.1) is 11.8 Å². The number of fused-ring (bicyclic) bond motifs is 4. The third-order valence-electron chi connectivity index (χ3n) is 26.5. The summed E-state index contributed by atoms with van der Waals surface area (Å²) in [5, 5.41) is 56.2. The lowest BCUT2D eigenvalue weighted by molar-refractivity contribution is -0.149. The van der Waals surface area contributed by atoms with Crippen LogP contribution in [-0.4, -0.2) is 310 Å². The monoisotopic (exact) mass is 2000 g/mol. The van der Waals surface area contributed by atoms with Gasteiger partial charge in [0.05, 0.1) is 36.8 Å². The number of aromatic hydroxyl groups is 1. The third-order valence-corrected chi connectivity index (χ3v) is 27.6. The highest BCUT2D eigenvalue weighted by Gasteiger charge is 2.47. The molecule has 15 amide bonds. The fraction of sp³-hybridized carbons (Fsp3) is 0.510. The Morgan fingerprint density at radius 3 is 1.69 bits per heavy atom. The van der Waals surface area contributed by atoms with Crippen molar-refractivity contribution >= 4 is 140 Å². The highest BCUT2D eigenvalue weighted by atomic mass is 32.2. The van der Waals surface area contributed by atoms with Crippen LogP contribution in [0.2, 0.25) is 0 Å². The van der Waals surface area contributed by atoms with Crippen LogP contribution in [-0.2, 0) is 112 Å². The molecule has 772 valence electrons. The molecule has 3 aliphatic heterocycles. The number of nitrogens with one attached hydrogen (secondary N) is 12. The number of carboxylic acid groups (broad SMARTS) is 2. The lowest BCUT2D eigenvalue weighted by atomic mass is 9.88. The molecule has 3 saturated heterocycles. The second kappa shape index (κ2) is 54.2. The predicted octanol–water partition coefficient (Wildman–Crippen LogP) is 2.01. The molecule has 21 N–H and O–H groups in total. The summed E-state index contributed by atoms with van der Waals surface area (Å²) in [7, 11) is 3.90. The van der Waals surface area contributed by atoms with Gasteiger partial charge in [0.15, 0.2) is 5.78 Å². The second-order valence-corrected chi connectivity index (χ2v) is 37.9. The first-order valence-corrected chi connectivity index (χ1v) is 49.9. The van der Waals surface area contributed by atoms with Crippen LogP contribution in [0.25, 0.3) is 21.8 Å². The Balaban J connectivity index is 1.06. The summed E-state index contributed by atoms with van der Waals surface area (Å²) < 4.78 is 0. The first-order chi connectivity index (χ1) is 68.5. The Kier molecular flexibility index (Phi) is 42.0. The number of H-pyrrole nitrogens is 3. The molecule has 7 aromatic rings. The van der Waals surface area contributed by atoms with Gasteiger partial charge in [-0.3, -0.25) is 86.3 Å². The number of benzene rings is 4. The number of phenols is 1. The van der Waals surface area contributed by atoms with Gasteiger partial charge < -0.3 is 120 Å². The van der Waals surface area contributed by atoms with E-state index < -0.39 is 240 Å². The molecule has 3 aromatic heterocycles. The summed E-state index contributed by atoms with van der Waals surface area (Å²) in [6.45, 7) is 4.27. The molecule has 42 nitrogen and oxygen atoms in total. The Bertz CT molecular complexity index is 5610. The first-order valence-electron chi connectivity index (χ1n) is 48.7. The van der Waals surface area contributed by atoms with Crippen molar-refractivity contribution in [2.45, 2.75) is 253 Å². The molecule has 4 aromatic carbocycles. The number of para-hydroxylation sites is 2. The van der Waals surface area contributed by atoms with Gasteiger partial charge in [0.2, 0.25) is 88.6 Å². The number of rotatable bonds is 31. The fourth-order valence-electron chi connectivity index (χ4n) is 18.4. The van der Waals surface area contributed by atoms with Gasteiger partial charge in [0.1, 0.15) is 78.3 Å². The average molecular weight is 2000 g/mol. The largest absolute Gasteiger partial charge is 0.508 e. The molecule has 0 bridgehead atoms. The van der Waals surface area contributed by atoms with Gasteiger partial charge in [-0.1, -0.05) is 118 Å². The maximum atomic E-state index is 16.1. The van der Waals surface area contributed by atoms with E-state index in [1.807, 2.05) is 74.5 Å². The number of aliphatic carboxylic acids is 2. The minimum absolute atomic E-state index is 0.00655. The van der Waals surface area contributed by atoms with Crippen LogP contribution in [0.1, 0.15) is 177 Å². The normalized spacial score (nSPS) is 24.1. The minimum Gasteiger partial charge on any atom is -0.508 e. The molecular formula is C100H135N21O21S. The van der Waals surface area contributed by atoms with Crippen molar-refractivity contribution in [2.75, 3.05) is 65.4 Å². The number of carboxylic acids is 2. The number of amides is 15. The van der Waals surface area contributed by atoms with E-state index in [9.17, 15) is 53.7 Å². The standard InChI is InChI=1S/C100H135N21O21S/c1-7-9-31-79-94(136)111-72(38-39-86(126)127)92(134)116-78(90(132)107-53-84(103)124)55-143-56-85(125)109-75(43-59-34-36-66(122)37-35-59)96(138)117(4)58(3)88(130)114-77(49-87(128)129)99(141)120-42-22-33-80(120)95(137)113-74(48-65-52-104-57-108-65)93(135)112-73(30-19-21-41-102)98(140)121-54-64(60-23-12-11-13-24-60)46-82(121)83(123)47-61(44-62-50-105-69-27-16-14-25-67(62)69)89(131)110-71(29-18-20-40-101)91(133)115-76(45-63-51-106-70-28-17-15-26-68(63)70)97(139)119(6)81(32-10-8-2)100(142)118(79)5/h11-17,23-28,34-37,50-52,57-58,61,64,71-82,105-106,122H,7-10,18-22,29-33,38-49,53-56,101-102H2,1-6H3,(H2,103,124)(H,104,108)(H,107,132)(H,109,125)(H,110,131)(H,111,136)(H,112,135)(H,113,137)(H,114,130)(H,115,133)(H,116,134)(H,126,127)(H,128,129)/t58-,61+,64-,71-,72-,73-,74-,75-,76-,77-,78-,79-,80-,81-,82-/m0/s1. The van der Waals surface area contributed by atoms with Crippen molar-refractivity contribution in [3.8, 4) is 5.75 Å². The maximum absolute atomic E-state index is 16.1. The van der Waals surface area contributed by atoms with Crippen LogP contribution < -0.4 is 65.1 Å². The molecular weight excluding hydrogens is 1860 g/mol. The van der Waals surface area contributed by atoms with Crippen molar-refractivity contribution in [3.63, 3.8) is 0 Å². The number of thioether (sulfide) groups is 1. The number of hydrogen-bond donors (Lipinski definition) is 18. The van der Waals surface area contributed by atoms with Gasteiger partial charge in [-0.05, 0) is 150 Å². The molecule has 43 heteroatoms. The molecule has 3 fully saturated rings. The topological polar surface area (TPSA) is 631 Å². The number of carbonyl (C=O) groups excluding carboxylic acids is 16. The third kappa shape index (κ3) is 31.2. The molecule has 10 rings (SSSR count). The zero-order chi connectivity index (χ0) is 104. The molecule has 0 aliphatic carbocycles. The summed E-state index contributed by atoms with van der Waals surface area (Å²) in [6.07, 6.45) is 5.09. The molecule has 3 aliphatic rings. The summed E-state index contributed by atoms with van der Waals surface area (Å²) in [6, 6.07) is 9.12. The van der Waals surface area contributed by atoms with Crippen LogP contribution in [0.4, 0.5) is 0 Å². The van der Waals surface area contributed by atoms with Crippen LogP contribution in [0.3, 0.4) is 0 Å². The van der Waals surface area contributed by atoms with Gasteiger partial charge in [-0.2, -0.15) is 0 Å². The molecule has 6 heterocycles. The molecule has 0 unspecified atom stereocenters. The minimum atomic E-state index is -1.91. The van der Waals surface area contributed by atoms with E-state index in [2.05, 4.69) is 67.8 Å². The van der Waals surface area contributed by atoms with E-state index in [-0.39, 0.29) is 128 Å². The number of nitrogens with two attached hydrogens (primary N) is 3. The lowest BCUT2D eigenvalue weighted by Crippen LogP contribution is -2.60. The van der Waals surface area contributed by atoms with Gasteiger partial charge in [-0.25, -0.2) is 4.98 Å². The van der Waals surface area contributed by atoms with Crippen LogP contribution in [0.5, 0.6) is 5.75 Å². The Morgan fingerprint density at radius 2 is 1.06 bits per heavy atom. The Hall–Kier alpha value is -14.1. The summed E-state index contributed by atoms with van der Waals surface area (Å²) >= 11 is 0.711. The second-order valence-electron chi connectivity index (χ2n) is 36.9. The van der Waals surface area contributed by atoms with E-state index in [1.165, 1.54) is 74.7 Å². The van der Waals surface area contributed by atoms with Gasteiger partial charge in [0.25, 0.3) is 0 Å². The molecule has 0 radical (unpaired) electrons. The molecule has 0 saturated carbocycles. The quantitative estimate of drug-likeness (QED) is 0.0276. The van der Waals surface area contributed by atoms with E-state index in [0.717, 1.165) is 20.3 Å². The highest BCUT2D eigenvalue weighted by molar-refractivity contribution is 8.00. The Morgan fingerprint density at radius 1 is 0.510 bits per heavy atom. The first kappa shape index (κ1) is 111. The number of aromatic amines is 3. The lowest BCUT2D eigenvalue weighted by Gasteiger charge is -2.36. The number of ketones is 1. The number of carbonyl (C=O) groups is 18. The SMILES string of the molecule is CCCC[C@H]1C(=O)N(C)[C@@H](CCCC)C(=O)N[C@@H](CCC(=O)O)C(=O)N[C@H](C(=O)NCC(N)=O)CSCC(=O)N[C@@H](Cc2ccc(O)cc2)C(=O)N(C)[C@@H](C)C(=O)N[C@@H](CC(=O)O)C(=O)N2CCC[C@H]2C(=O)N[C@@H](Cc2c[nH]cn2)C(=O)N[C@@H](CCCCN)C(=O)N2C[C@@H](c3ccccc3)C[C@H]2C(=O)C[C@@H](Cc2c[nH]c3ccccc23)C(=O)N[C@@H](CCCCN)C(=O)N[C@@H](Cc2c[nH]c3ccccc23)C(=O)N1C. The van der Waals surface area contributed by atoms with Crippen molar-refractivity contribution in [3.05, 3.63) is 156 Å². The number of phenolic OH excluding ortho intramolecular Hbond substituents is 1. The van der Waals surface area contributed by atoms with Gasteiger partial charge in [0, 0.05) is 124 Å². The van der Waals surface area contributed by atoms with E-state index in [0.29, 0.717) is 82.4 Å². The smallest absolute Gasteiger partial charge is 0.305 e. The number of primary amides is 1. The summed E-state index contributed by atoms with van der Waals surface area (Å²) in [5.41, 5.74) is 21.6. The average Bonchev–Trinajstić information content (AvgIpc) is 1.64. The van der Waals surface area contributed by atoms with Crippen LogP contribution in [0.15, 0.2) is 128 Å². The van der Waals surface area contributed by atoms with Crippen molar-refractivity contribution in [1.82, 2.24) is 92.3 Å². The van der Waals surface area contributed by atoms with Gasteiger partial charge >= 0.3 is 11.9 Å². The predicted molar refractivity (Wildman–Crippen MR) is 530 cm³/mol. The zero-order valence-corrected chi connectivity index (χ0v) is 82.3. The zero-order valence-electron chi connectivity index (χ0n) is 81.5. The molecule has 143 heavy (non-hydrogen) atoms. The summed E-state index contributed by atoms with van der Waals surface area (Å²) in [4.78, 5) is 286. The van der Waals surface area contributed by atoms with Crippen molar-refractivity contribution in [1.29, 1.82) is 0 Å².